The molecule has 2 amide bonds. The molecule has 1 N–H and O–H groups in total. The molecule has 2 heterocycles. The molecule has 2 aromatic rings. The van der Waals surface area contributed by atoms with Crippen LogP contribution in [0.25, 0.3) is 0 Å². The molecule has 29 heavy (non-hydrogen) atoms. The summed E-state index contributed by atoms with van der Waals surface area (Å²) in [4.78, 5) is 31.2. The summed E-state index contributed by atoms with van der Waals surface area (Å²) in [5, 5.41) is 12.1. The topological polar surface area (TPSA) is 100 Å². The van der Waals surface area contributed by atoms with E-state index in [0.29, 0.717) is 36.5 Å². The van der Waals surface area contributed by atoms with Crippen LogP contribution in [0.4, 0.5) is 10.5 Å². The normalized spacial score (nSPS) is 13.4. The Morgan fingerprint density at radius 1 is 1.31 bits per heavy atom. The maximum Gasteiger partial charge on any atom is 0.410 e. The number of nitrogens with zero attached hydrogens (tertiary/aromatic N) is 4. The number of fused-ring (bicyclic) bond motifs is 1. The second-order valence-corrected chi connectivity index (χ2v) is 8.10. The monoisotopic (exact) mass is 395 g/mol. The molecule has 1 aliphatic heterocycles. The van der Waals surface area contributed by atoms with E-state index in [-0.39, 0.29) is 5.82 Å². The Labute approximate surface area is 170 Å². The predicted molar refractivity (Wildman–Crippen MR) is 107 cm³/mol. The predicted octanol–water partition coefficient (Wildman–Crippen LogP) is 3.15. The highest BCUT2D eigenvalue weighted by molar-refractivity contribution is 6.02. The van der Waals surface area contributed by atoms with Gasteiger partial charge in [-0.25, -0.2) is 9.78 Å². The Kier molecular flexibility index (Phi) is 5.33. The SMILES string of the molecule is Cc1cccc(NC(=O)c2nc3c(n2C)CCN(C(=O)OC(C)(C)C)C3)c1C#N. The molecule has 0 saturated carbocycles. The van der Waals surface area contributed by atoms with E-state index in [4.69, 9.17) is 4.74 Å². The maximum absolute atomic E-state index is 12.8. The lowest BCUT2D eigenvalue weighted by atomic mass is 10.1. The summed E-state index contributed by atoms with van der Waals surface area (Å²) >= 11 is 0. The van der Waals surface area contributed by atoms with Crippen molar-refractivity contribution in [2.24, 2.45) is 7.05 Å². The van der Waals surface area contributed by atoms with Crippen LogP contribution in [-0.4, -0.2) is 38.6 Å². The summed E-state index contributed by atoms with van der Waals surface area (Å²) in [5.74, 6) is -0.153. The quantitative estimate of drug-likeness (QED) is 0.842. The first-order chi connectivity index (χ1) is 13.6. The van der Waals surface area contributed by atoms with E-state index >= 15 is 0 Å². The molecule has 0 saturated heterocycles. The largest absolute Gasteiger partial charge is 0.444 e. The highest BCUT2D eigenvalue weighted by Crippen LogP contribution is 2.23. The number of carbonyl (C=O) groups excluding carboxylic acids is 2. The van der Waals surface area contributed by atoms with Crippen molar-refractivity contribution in [1.29, 1.82) is 5.26 Å². The molecular formula is C21H25N5O3. The van der Waals surface area contributed by atoms with E-state index in [1.807, 2.05) is 33.8 Å². The van der Waals surface area contributed by atoms with Crippen LogP contribution in [0.15, 0.2) is 18.2 Å². The van der Waals surface area contributed by atoms with Crippen molar-refractivity contribution in [1.82, 2.24) is 14.5 Å². The van der Waals surface area contributed by atoms with Gasteiger partial charge in [-0.15, -0.1) is 0 Å². The van der Waals surface area contributed by atoms with Gasteiger partial charge in [0.2, 0.25) is 0 Å². The third-order valence-corrected chi connectivity index (χ3v) is 4.74. The minimum absolute atomic E-state index is 0.242. The Bertz CT molecular complexity index is 1010. The van der Waals surface area contributed by atoms with Crippen molar-refractivity contribution >= 4 is 17.7 Å². The summed E-state index contributed by atoms with van der Waals surface area (Å²) in [6.07, 6.45) is 0.192. The zero-order chi connectivity index (χ0) is 21.3. The summed E-state index contributed by atoms with van der Waals surface area (Å²) in [7, 11) is 1.78. The van der Waals surface area contributed by atoms with E-state index < -0.39 is 17.6 Å². The fourth-order valence-corrected chi connectivity index (χ4v) is 3.31. The standard InChI is InChI=1S/C21H25N5O3/c1-13-7-6-8-15(14(13)11-22)24-19(27)18-23-16-12-26(10-9-17(16)25(18)5)20(28)29-21(2,3)4/h6-8H,9-10,12H2,1-5H3,(H,24,27). The van der Waals surface area contributed by atoms with Crippen molar-refractivity contribution in [3.05, 3.63) is 46.5 Å². The number of nitrogens with one attached hydrogen (secondary N) is 1. The number of benzene rings is 1. The van der Waals surface area contributed by atoms with Gasteiger partial charge in [-0.05, 0) is 39.3 Å². The fraction of sp³-hybridized carbons (Fsp3) is 0.429. The summed E-state index contributed by atoms with van der Waals surface area (Å²) < 4.78 is 7.18. The fourth-order valence-electron chi connectivity index (χ4n) is 3.31. The number of ether oxygens (including phenoxy) is 1. The van der Waals surface area contributed by atoms with Crippen LogP contribution < -0.4 is 5.32 Å². The summed E-state index contributed by atoms with van der Waals surface area (Å²) in [6.45, 7) is 8.08. The molecular weight excluding hydrogens is 370 g/mol. The maximum atomic E-state index is 12.8. The van der Waals surface area contributed by atoms with Crippen molar-refractivity contribution in [2.75, 3.05) is 11.9 Å². The lowest BCUT2D eigenvalue weighted by molar-refractivity contribution is 0.0220. The number of aryl methyl sites for hydroxylation is 1. The van der Waals surface area contributed by atoms with Gasteiger partial charge in [-0.1, -0.05) is 12.1 Å². The van der Waals surface area contributed by atoms with E-state index in [0.717, 1.165) is 11.3 Å². The van der Waals surface area contributed by atoms with Gasteiger partial charge in [-0.3, -0.25) is 4.79 Å². The average molecular weight is 395 g/mol. The molecule has 0 fully saturated rings. The van der Waals surface area contributed by atoms with Crippen LogP contribution in [0.3, 0.4) is 0 Å². The first kappa shape index (κ1) is 20.4. The summed E-state index contributed by atoms with van der Waals surface area (Å²) in [6, 6.07) is 7.42. The van der Waals surface area contributed by atoms with Gasteiger partial charge in [0, 0.05) is 25.7 Å². The number of hydrogen-bond acceptors (Lipinski definition) is 5. The van der Waals surface area contributed by atoms with Crippen molar-refractivity contribution in [3.8, 4) is 6.07 Å². The second-order valence-electron chi connectivity index (χ2n) is 8.10. The molecule has 1 aromatic carbocycles. The molecule has 1 aliphatic rings. The Hall–Kier alpha value is -3.34. The van der Waals surface area contributed by atoms with Crippen molar-refractivity contribution in [2.45, 2.75) is 46.3 Å². The minimum Gasteiger partial charge on any atom is -0.444 e. The second kappa shape index (κ2) is 7.59. The molecule has 152 valence electrons. The van der Waals surface area contributed by atoms with Crippen LogP contribution >= 0.6 is 0 Å². The highest BCUT2D eigenvalue weighted by atomic mass is 16.6. The van der Waals surface area contributed by atoms with Gasteiger partial charge >= 0.3 is 6.09 Å². The molecule has 8 nitrogen and oxygen atoms in total. The van der Waals surface area contributed by atoms with E-state index in [9.17, 15) is 14.9 Å². The molecule has 0 bridgehead atoms. The number of carbonyl (C=O) groups is 2. The first-order valence-corrected chi connectivity index (χ1v) is 9.44. The Balaban J connectivity index is 1.81. The average Bonchev–Trinajstić information content (AvgIpc) is 2.97. The molecule has 1 aromatic heterocycles. The van der Waals surface area contributed by atoms with Gasteiger partial charge in [0.1, 0.15) is 11.7 Å². The lowest BCUT2D eigenvalue weighted by Crippen LogP contribution is -2.40. The molecule has 0 spiro atoms. The van der Waals surface area contributed by atoms with Gasteiger partial charge in [0.15, 0.2) is 5.82 Å². The molecule has 0 radical (unpaired) electrons. The van der Waals surface area contributed by atoms with E-state index in [2.05, 4.69) is 16.4 Å². The third kappa shape index (κ3) is 4.24. The zero-order valence-electron chi connectivity index (χ0n) is 17.4. The number of anilines is 1. The van der Waals surface area contributed by atoms with Crippen molar-refractivity contribution in [3.63, 3.8) is 0 Å². The van der Waals surface area contributed by atoms with Crippen LogP contribution in [0.5, 0.6) is 0 Å². The zero-order valence-corrected chi connectivity index (χ0v) is 17.4. The number of aromatic nitrogens is 2. The Morgan fingerprint density at radius 2 is 2.03 bits per heavy atom. The van der Waals surface area contributed by atoms with Gasteiger partial charge < -0.3 is 19.5 Å². The molecule has 3 rings (SSSR count). The van der Waals surface area contributed by atoms with Gasteiger partial charge in [0.25, 0.3) is 5.91 Å². The van der Waals surface area contributed by atoms with Crippen LogP contribution in [0.2, 0.25) is 0 Å². The molecule has 8 heteroatoms. The van der Waals surface area contributed by atoms with Crippen molar-refractivity contribution < 1.29 is 14.3 Å². The smallest absolute Gasteiger partial charge is 0.410 e. The van der Waals surface area contributed by atoms with Crippen LogP contribution in [-0.2, 0) is 24.8 Å². The minimum atomic E-state index is -0.571. The molecule has 0 atom stereocenters. The first-order valence-electron chi connectivity index (χ1n) is 9.44. The highest BCUT2D eigenvalue weighted by Gasteiger charge is 2.30. The summed E-state index contributed by atoms with van der Waals surface area (Å²) in [5.41, 5.74) is 2.69. The Morgan fingerprint density at radius 3 is 2.69 bits per heavy atom. The number of hydrogen-bond donors (Lipinski definition) is 1. The van der Waals surface area contributed by atoms with Gasteiger partial charge in [-0.2, -0.15) is 5.26 Å². The van der Waals surface area contributed by atoms with Gasteiger partial charge in [0.05, 0.1) is 23.5 Å². The lowest BCUT2D eigenvalue weighted by Gasteiger charge is -2.29. The van der Waals surface area contributed by atoms with Crippen LogP contribution in [0.1, 0.15) is 53.9 Å². The molecule has 0 aliphatic carbocycles. The van der Waals surface area contributed by atoms with E-state index in [1.54, 1.807) is 28.6 Å². The van der Waals surface area contributed by atoms with E-state index in [1.165, 1.54) is 0 Å². The number of nitriles is 1. The third-order valence-electron chi connectivity index (χ3n) is 4.74. The number of amides is 2. The van der Waals surface area contributed by atoms with Crippen LogP contribution in [0, 0.1) is 18.3 Å². The molecule has 0 unspecified atom stereocenters. The number of imidazole rings is 1. The number of rotatable bonds is 2.